The van der Waals surface area contributed by atoms with Crippen molar-refractivity contribution in [3.8, 4) is 11.5 Å². The Labute approximate surface area is 123 Å². The molecule has 0 fully saturated rings. The van der Waals surface area contributed by atoms with Crippen LogP contribution < -0.4 is 25.8 Å². The van der Waals surface area contributed by atoms with Crippen molar-refractivity contribution in [2.45, 2.75) is 20.4 Å². The van der Waals surface area contributed by atoms with E-state index in [0.717, 1.165) is 18.7 Å². The first-order valence-electron chi connectivity index (χ1n) is 6.75. The summed E-state index contributed by atoms with van der Waals surface area (Å²) in [5.41, 5.74) is 5.90. The van der Waals surface area contributed by atoms with E-state index in [1.165, 1.54) is 0 Å². The number of carbonyl (C=O) groups excluding carboxylic acids is 2. The molecular weight excluding hydrogens is 274 g/mol. The number of primary amides is 1. The van der Waals surface area contributed by atoms with Crippen LogP contribution in [0.5, 0.6) is 11.5 Å². The summed E-state index contributed by atoms with van der Waals surface area (Å²) in [4.78, 5) is 21.9. The van der Waals surface area contributed by atoms with Crippen LogP contribution >= 0.6 is 0 Å². The number of nitrogens with one attached hydrogen (secondary N) is 2. The van der Waals surface area contributed by atoms with E-state index in [1.54, 1.807) is 6.07 Å². The highest BCUT2D eigenvalue weighted by Gasteiger charge is 2.10. The number of benzene rings is 1. The molecule has 0 aromatic heterocycles. The topological polar surface area (TPSA) is 103 Å². The predicted molar refractivity (Wildman–Crippen MR) is 78.2 cm³/mol. The molecule has 0 spiro atoms. The lowest BCUT2D eigenvalue weighted by molar-refractivity contribution is -0.121. The van der Waals surface area contributed by atoms with Crippen LogP contribution in [-0.2, 0) is 11.3 Å². The summed E-state index contributed by atoms with van der Waals surface area (Å²) in [5, 5.41) is 5.14. The molecule has 0 aliphatic heterocycles. The summed E-state index contributed by atoms with van der Waals surface area (Å²) in [6, 6.07) is 4.56. The molecule has 7 nitrogen and oxygen atoms in total. The monoisotopic (exact) mass is 295 g/mol. The molecule has 0 atom stereocenters. The SMILES string of the molecule is CCNCc1ccc(OCC(=O)NC(N)=O)c(OCC)c1. The zero-order valence-electron chi connectivity index (χ0n) is 12.3. The molecule has 21 heavy (non-hydrogen) atoms. The van der Waals surface area contributed by atoms with E-state index in [1.807, 2.05) is 31.3 Å². The van der Waals surface area contributed by atoms with Gasteiger partial charge < -0.3 is 20.5 Å². The quantitative estimate of drug-likeness (QED) is 0.657. The summed E-state index contributed by atoms with van der Waals surface area (Å²) < 4.78 is 10.8. The van der Waals surface area contributed by atoms with Crippen molar-refractivity contribution in [2.24, 2.45) is 5.73 Å². The fourth-order valence-electron chi connectivity index (χ4n) is 1.64. The average molecular weight is 295 g/mol. The molecule has 1 aromatic carbocycles. The molecule has 0 heterocycles. The molecular formula is C14H21N3O4. The van der Waals surface area contributed by atoms with E-state index < -0.39 is 11.9 Å². The highest BCUT2D eigenvalue weighted by molar-refractivity contribution is 5.94. The van der Waals surface area contributed by atoms with Gasteiger partial charge >= 0.3 is 6.03 Å². The lowest BCUT2D eigenvalue weighted by Crippen LogP contribution is -2.38. The van der Waals surface area contributed by atoms with Gasteiger partial charge in [0, 0.05) is 6.54 Å². The molecule has 0 aliphatic rings. The Bertz CT molecular complexity index is 491. The Hall–Kier alpha value is -2.28. The Balaban J connectivity index is 2.71. The van der Waals surface area contributed by atoms with E-state index >= 15 is 0 Å². The number of ether oxygens (including phenoxy) is 2. The smallest absolute Gasteiger partial charge is 0.318 e. The first kappa shape index (κ1) is 16.8. The van der Waals surface area contributed by atoms with Crippen molar-refractivity contribution in [1.29, 1.82) is 0 Å². The summed E-state index contributed by atoms with van der Waals surface area (Å²) in [6.45, 7) is 5.65. The second kappa shape index (κ2) is 8.80. The van der Waals surface area contributed by atoms with E-state index in [-0.39, 0.29) is 6.61 Å². The molecule has 0 unspecified atom stereocenters. The van der Waals surface area contributed by atoms with Gasteiger partial charge in [0.15, 0.2) is 18.1 Å². The molecule has 0 saturated carbocycles. The molecule has 0 bridgehead atoms. The number of urea groups is 1. The van der Waals surface area contributed by atoms with Gasteiger partial charge in [0.1, 0.15) is 0 Å². The van der Waals surface area contributed by atoms with Crippen molar-refractivity contribution in [3.05, 3.63) is 23.8 Å². The molecule has 116 valence electrons. The largest absolute Gasteiger partial charge is 0.490 e. The Morgan fingerprint density at radius 1 is 1.19 bits per heavy atom. The van der Waals surface area contributed by atoms with Gasteiger partial charge in [0.2, 0.25) is 0 Å². The van der Waals surface area contributed by atoms with Crippen molar-refractivity contribution in [1.82, 2.24) is 10.6 Å². The second-order valence-corrected chi connectivity index (χ2v) is 4.20. The van der Waals surface area contributed by atoms with Crippen LogP contribution in [0, 0.1) is 0 Å². The van der Waals surface area contributed by atoms with Gasteiger partial charge in [-0.05, 0) is 31.2 Å². The average Bonchev–Trinajstić information content (AvgIpc) is 2.43. The van der Waals surface area contributed by atoms with Crippen LogP contribution in [0.25, 0.3) is 0 Å². The molecule has 0 radical (unpaired) electrons. The lowest BCUT2D eigenvalue weighted by atomic mass is 10.2. The second-order valence-electron chi connectivity index (χ2n) is 4.20. The zero-order valence-corrected chi connectivity index (χ0v) is 12.3. The number of hydrogen-bond acceptors (Lipinski definition) is 5. The van der Waals surface area contributed by atoms with Crippen molar-refractivity contribution < 1.29 is 19.1 Å². The van der Waals surface area contributed by atoms with Gasteiger partial charge in [0.25, 0.3) is 5.91 Å². The van der Waals surface area contributed by atoms with E-state index in [2.05, 4.69) is 5.32 Å². The Morgan fingerprint density at radius 3 is 2.57 bits per heavy atom. The minimum absolute atomic E-state index is 0.310. The number of carbonyl (C=O) groups is 2. The van der Waals surface area contributed by atoms with Gasteiger partial charge in [-0.25, -0.2) is 4.79 Å². The number of hydrogen-bond donors (Lipinski definition) is 3. The maximum Gasteiger partial charge on any atom is 0.318 e. The molecule has 1 rings (SSSR count). The zero-order chi connectivity index (χ0) is 15.7. The van der Waals surface area contributed by atoms with Crippen molar-refractivity contribution in [3.63, 3.8) is 0 Å². The van der Waals surface area contributed by atoms with Crippen LogP contribution in [0.2, 0.25) is 0 Å². The van der Waals surface area contributed by atoms with E-state index in [0.29, 0.717) is 18.1 Å². The normalized spacial score (nSPS) is 10.0. The van der Waals surface area contributed by atoms with Gasteiger partial charge in [-0.3, -0.25) is 10.1 Å². The standard InChI is InChI=1S/C14H21N3O4/c1-3-16-8-10-5-6-11(12(7-10)20-4-2)21-9-13(18)17-14(15)19/h5-7,16H,3-4,8-9H2,1-2H3,(H3,15,17,18,19). The third-order valence-corrected chi connectivity index (χ3v) is 2.51. The third-order valence-electron chi connectivity index (χ3n) is 2.51. The number of rotatable bonds is 8. The maximum absolute atomic E-state index is 11.3. The van der Waals surface area contributed by atoms with Gasteiger partial charge in [0.05, 0.1) is 6.61 Å². The predicted octanol–water partition coefficient (Wildman–Crippen LogP) is 0.768. The van der Waals surface area contributed by atoms with E-state index in [9.17, 15) is 9.59 Å². The van der Waals surface area contributed by atoms with E-state index in [4.69, 9.17) is 15.2 Å². The van der Waals surface area contributed by atoms with Gasteiger partial charge in [-0.15, -0.1) is 0 Å². The van der Waals surface area contributed by atoms with Gasteiger partial charge in [-0.2, -0.15) is 0 Å². The van der Waals surface area contributed by atoms with Gasteiger partial charge in [-0.1, -0.05) is 13.0 Å². The molecule has 0 saturated heterocycles. The maximum atomic E-state index is 11.3. The number of imide groups is 1. The van der Waals surface area contributed by atoms with Crippen LogP contribution in [0.3, 0.4) is 0 Å². The van der Waals surface area contributed by atoms with Crippen LogP contribution in [0.1, 0.15) is 19.4 Å². The molecule has 7 heteroatoms. The highest BCUT2D eigenvalue weighted by Crippen LogP contribution is 2.28. The van der Waals surface area contributed by atoms with Crippen LogP contribution in [-0.4, -0.2) is 31.7 Å². The third kappa shape index (κ3) is 6.13. The number of nitrogens with two attached hydrogens (primary N) is 1. The lowest BCUT2D eigenvalue weighted by Gasteiger charge is -2.13. The summed E-state index contributed by atoms with van der Waals surface area (Å²) in [7, 11) is 0. The first-order valence-corrected chi connectivity index (χ1v) is 6.75. The molecule has 3 amide bonds. The Morgan fingerprint density at radius 2 is 1.95 bits per heavy atom. The van der Waals surface area contributed by atoms with Crippen LogP contribution in [0.4, 0.5) is 4.79 Å². The minimum Gasteiger partial charge on any atom is -0.490 e. The Kier molecular flexibility index (Phi) is 7.03. The number of amides is 3. The molecule has 4 N–H and O–H groups in total. The fourth-order valence-corrected chi connectivity index (χ4v) is 1.64. The van der Waals surface area contributed by atoms with Crippen molar-refractivity contribution >= 4 is 11.9 Å². The summed E-state index contributed by atoms with van der Waals surface area (Å²) in [6.07, 6.45) is 0. The fraction of sp³-hybridized carbons (Fsp3) is 0.429. The van der Waals surface area contributed by atoms with Crippen LogP contribution in [0.15, 0.2) is 18.2 Å². The highest BCUT2D eigenvalue weighted by atomic mass is 16.5. The van der Waals surface area contributed by atoms with Crippen molar-refractivity contribution in [2.75, 3.05) is 19.8 Å². The molecule has 1 aromatic rings. The molecule has 0 aliphatic carbocycles. The minimum atomic E-state index is -0.908. The first-order chi connectivity index (χ1) is 10.1. The summed E-state index contributed by atoms with van der Waals surface area (Å²) >= 11 is 0. The summed E-state index contributed by atoms with van der Waals surface area (Å²) in [5.74, 6) is 0.387.